The maximum atomic E-state index is 13.6. The van der Waals surface area contributed by atoms with Crippen LogP contribution in [0.1, 0.15) is 49.3 Å². The molecule has 1 aromatic heterocycles. The molecule has 1 N–H and O–H groups in total. The van der Waals surface area contributed by atoms with Gasteiger partial charge < -0.3 is 15.0 Å². The minimum Gasteiger partial charge on any atom is -0.497 e. The normalized spacial score (nSPS) is 23.0. The van der Waals surface area contributed by atoms with Crippen LogP contribution in [0.5, 0.6) is 5.75 Å². The number of anilines is 1. The van der Waals surface area contributed by atoms with Gasteiger partial charge in [0.1, 0.15) is 18.1 Å². The maximum Gasteiger partial charge on any atom is 0.260 e. The number of nitrogens with one attached hydrogen (secondary N) is 1. The number of amides is 1. The molecule has 0 aliphatic carbocycles. The molecule has 0 radical (unpaired) electrons. The molecule has 0 bridgehead atoms. The summed E-state index contributed by atoms with van der Waals surface area (Å²) in [7, 11) is 1.65. The fraction of sp³-hybridized carbons (Fsp3) is 0.609. The van der Waals surface area contributed by atoms with Crippen LogP contribution < -0.4 is 10.1 Å². The molecule has 1 fully saturated rings. The van der Waals surface area contributed by atoms with E-state index in [9.17, 15) is 13.6 Å². The number of methoxy groups -OCH3 is 1. The van der Waals surface area contributed by atoms with E-state index in [0.29, 0.717) is 18.9 Å². The summed E-state index contributed by atoms with van der Waals surface area (Å²) in [6.07, 6.45) is 3.01. The summed E-state index contributed by atoms with van der Waals surface area (Å²) in [6, 6.07) is 4.91. The smallest absolute Gasteiger partial charge is 0.260 e. The topological polar surface area (TPSA) is 72.3 Å². The number of nitrogens with zero attached hydrogens (tertiary/aromatic N) is 4. The molecule has 1 saturated heterocycles. The van der Waals surface area contributed by atoms with Crippen LogP contribution in [-0.4, -0.2) is 58.2 Å². The molecule has 32 heavy (non-hydrogen) atoms. The van der Waals surface area contributed by atoms with Crippen molar-refractivity contribution in [2.24, 2.45) is 5.92 Å². The predicted octanol–water partition coefficient (Wildman–Crippen LogP) is 3.85. The highest BCUT2D eigenvalue weighted by atomic mass is 19.3. The number of hydrogen-bond acceptors (Lipinski definition) is 5. The lowest BCUT2D eigenvalue weighted by Crippen LogP contribution is -2.48. The Bertz CT molecular complexity index is 935. The fourth-order valence-electron chi connectivity index (χ4n) is 4.93. The number of likely N-dealkylation sites (tertiary alicyclic amines) is 1. The van der Waals surface area contributed by atoms with Crippen molar-refractivity contribution >= 4 is 11.9 Å². The summed E-state index contributed by atoms with van der Waals surface area (Å²) >= 11 is 0. The lowest BCUT2D eigenvalue weighted by Gasteiger charge is -2.40. The van der Waals surface area contributed by atoms with Crippen molar-refractivity contribution in [3.63, 3.8) is 0 Å². The molecule has 3 heterocycles. The van der Waals surface area contributed by atoms with E-state index in [0.717, 1.165) is 38.0 Å². The highest BCUT2D eigenvalue weighted by molar-refractivity contribution is 5.76. The zero-order chi connectivity index (χ0) is 22.7. The first-order valence-corrected chi connectivity index (χ1v) is 11.3. The van der Waals surface area contributed by atoms with E-state index in [-0.39, 0.29) is 24.3 Å². The Hall–Kier alpha value is -2.71. The third-order valence-electron chi connectivity index (χ3n) is 6.75. The average molecular weight is 448 g/mol. The lowest BCUT2D eigenvalue weighted by atomic mass is 9.86. The zero-order valence-electron chi connectivity index (χ0n) is 18.6. The van der Waals surface area contributed by atoms with Crippen LogP contribution in [0.15, 0.2) is 24.5 Å². The van der Waals surface area contributed by atoms with E-state index in [1.54, 1.807) is 7.11 Å². The van der Waals surface area contributed by atoms with Gasteiger partial charge in [0.2, 0.25) is 11.9 Å². The van der Waals surface area contributed by atoms with Gasteiger partial charge in [-0.05, 0) is 68.2 Å². The largest absolute Gasteiger partial charge is 0.497 e. The summed E-state index contributed by atoms with van der Waals surface area (Å²) in [4.78, 5) is 18.9. The number of carbonyl (C=O) groups excluding carboxylic acids is 1. The van der Waals surface area contributed by atoms with Crippen molar-refractivity contribution in [2.75, 3.05) is 25.5 Å². The minimum atomic E-state index is -2.50. The van der Waals surface area contributed by atoms with Gasteiger partial charge in [-0.25, -0.2) is 13.5 Å². The van der Waals surface area contributed by atoms with E-state index in [1.807, 2.05) is 17.0 Å². The molecule has 0 spiro atoms. The second kappa shape index (κ2) is 9.83. The number of fused-ring (bicyclic) bond motifs is 1. The first-order valence-electron chi connectivity index (χ1n) is 11.3. The Morgan fingerprint density at radius 3 is 2.97 bits per heavy atom. The van der Waals surface area contributed by atoms with E-state index in [4.69, 9.17) is 4.74 Å². The van der Waals surface area contributed by atoms with Crippen LogP contribution in [0.2, 0.25) is 0 Å². The first-order chi connectivity index (χ1) is 15.5. The van der Waals surface area contributed by atoms with Crippen LogP contribution in [0.4, 0.5) is 14.7 Å². The average Bonchev–Trinajstić information content (AvgIpc) is 3.28. The third-order valence-corrected chi connectivity index (χ3v) is 6.75. The van der Waals surface area contributed by atoms with Crippen molar-refractivity contribution in [3.05, 3.63) is 35.7 Å². The van der Waals surface area contributed by atoms with Crippen LogP contribution in [-0.2, 0) is 11.2 Å². The van der Waals surface area contributed by atoms with Crippen LogP contribution in [0.3, 0.4) is 0 Å². The Labute approximate surface area is 187 Å². The number of ether oxygens (including phenoxy) is 1. The van der Waals surface area contributed by atoms with Gasteiger partial charge in [0.25, 0.3) is 6.43 Å². The van der Waals surface area contributed by atoms with E-state index in [1.165, 1.54) is 22.1 Å². The molecule has 0 saturated carbocycles. The molecule has 2 aliphatic rings. The second-order valence-electron chi connectivity index (χ2n) is 8.80. The van der Waals surface area contributed by atoms with Gasteiger partial charge in [-0.15, -0.1) is 0 Å². The monoisotopic (exact) mass is 447 g/mol. The summed E-state index contributed by atoms with van der Waals surface area (Å²) in [5.41, 5.74) is 2.39. The summed E-state index contributed by atoms with van der Waals surface area (Å²) in [6.45, 7) is 3.39. The molecule has 2 aliphatic heterocycles. The molecule has 4 rings (SSSR count). The van der Waals surface area contributed by atoms with Gasteiger partial charge in [-0.2, -0.15) is 10.1 Å². The predicted molar refractivity (Wildman–Crippen MR) is 117 cm³/mol. The number of aromatic nitrogens is 3. The number of aryl methyl sites for hydroxylation is 2. The highest BCUT2D eigenvalue weighted by Gasteiger charge is 2.38. The zero-order valence-corrected chi connectivity index (χ0v) is 18.6. The first kappa shape index (κ1) is 22.5. The standard InChI is InChI=1S/C23H31F2N5O2/c1-15-11-18(32-2)9-8-16(15)5-3-7-21(31)29-10-4-6-17(13-29)19-12-20(22(24)25)30-23(28-19)26-14-27-30/h8-9,11,14,17,19-20,22H,3-7,10,12-13H2,1-2H3,(H,26,27,28)/t17-,19+,20-/m1/s1. The second-order valence-corrected chi connectivity index (χ2v) is 8.80. The molecule has 2 aromatic rings. The molecule has 174 valence electrons. The minimum absolute atomic E-state index is 0.128. The number of benzene rings is 1. The van der Waals surface area contributed by atoms with Gasteiger partial charge in [0.05, 0.1) is 7.11 Å². The molecule has 9 heteroatoms. The van der Waals surface area contributed by atoms with Gasteiger partial charge in [-0.1, -0.05) is 6.07 Å². The van der Waals surface area contributed by atoms with Crippen molar-refractivity contribution in [2.45, 2.75) is 64.0 Å². The molecule has 3 atom stereocenters. The van der Waals surface area contributed by atoms with Crippen molar-refractivity contribution < 1.29 is 18.3 Å². The molecular weight excluding hydrogens is 416 g/mol. The van der Waals surface area contributed by atoms with Crippen LogP contribution in [0.25, 0.3) is 0 Å². The summed E-state index contributed by atoms with van der Waals surface area (Å²) in [5, 5.41) is 7.23. The highest BCUT2D eigenvalue weighted by Crippen LogP contribution is 2.35. The molecule has 1 amide bonds. The van der Waals surface area contributed by atoms with Gasteiger partial charge >= 0.3 is 0 Å². The number of rotatable bonds is 7. The Balaban J connectivity index is 1.31. The molecular formula is C23H31F2N5O2. The quantitative estimate of drug-likeness (QED) is 0.698. The molecule has 0 unspecified atom stereocenters. The summed E-state index contributed by atoms with van der Waals surface area (Å²) < 4.78 is 33.7. The Kier molecular flexibility index (Phi) is 6.91. The van der Waals surface area contributed by atoms with Crippen molar-refractivity contribution in [3.8, 4) is 5.75 Å². The maximum absolute atomic E-state index is 13.6. The van der Waals surface area contributed by atoms with E-state index >= 15 is 0 Å². The SMILES string of the molecule is COc1ccc(CCCC(=O)N2CCC[C@@H]([C@@H]3C[C@H](C(F)F)n4ncnc4N3)C2)c(C)c1. The number of piperidine rings is 1. The number of halogens is 2. The fourth-order valence-corrected chi connectivity index (χ4v) is 4.93. The lowest BCUT2D eigenvalue weighted by molar-refractivity contribution is -0.133. The van der Waals surface area contributed by atoms with Crippen molar-refractivity contribution in [1.29, 1.82) is 0 Å². The van der Waals surface area contributed by atoms with Gasteiger partial charge in [0, 0.05) is 25.6 Å². The molecule has 7 nitrogen and oxygen atoms in total. The molecule has 1 aromatic carbocycles. The Morgan fingerprint density at radius 2 is 2.22 bits per heavy atom. The van der Waals surface area contributed by atoms with E-state index < -0.39 is 12.5 Å². The van der Waals surface area contributed by atoms with Gasteiger partial charge in [0.15, 0.2) is 0 Å². The van der Waals surface area contributed by atoms with E-state index in [2.05, 4.69) is 28.4 Å². The van der Waals surface area contributed by atoms with Crippen LogP contribution in [0, 0.1) is 12.8 Å². The summed E-state index contributed by atoms with van der Waals surface area (Å²) in [5.74, 6) is 1.50. The number of alkyl halides is 2. The number of hydrogen-bond donors (Lipinski definition) is 1. The van der Waals surface area contributed by atoms with Crippen LogP contribution >= 0.6 is 0 Å². The Morgan fingerprint density at radius 1 is 1.38 bits per heavy atom. The number of carbonyl (C=O) groups is 1. The van der Waals surface area contributed by atoms with Crippen molar-refractivity contribution in [1.82, 2.24) is 19.7 Å². The van der Waals surface area contributed by atoms with Gasteiger partial charge in [-0.3, -0.25) is 4.79 Å². The third kappa shape index (κ3) is 4.86.